The summed E-state index contributed by atoms with van der Waals surface area (Å²) in [6, 6.07) is 25.0. The standard InChI is InChI=1S/C32H29NO3S/c1-20(2)36-32(34)33(35)25-8-5-7-23(19-25)30-16-17-31(37-30)24-12-13-27-22(18-24)11-15-28-26-9-4-3-6-21(26)10-14-29(27)28/h3-9,11,15-20,35H,10,12-14H2,1-2H3. The minimum atomic E-state index is -0.782. The highest BCUT2D eigenvalue weighted by atomic mass is 32.1. The van der Waals surface area contributed by atoms with Crippen molar-refractivity contribution in [3.05, 3.63) is 99.9 Å². The molecule has 3 aromatic carbocycles. The van der Waals surface area contributed by atoms with Gasteiger partial charge in [-0.1, -0.05) is 54.6 Å². The van der Waals surface area contributed by atoms with Crippen LogP contribution in [0.5, 0.6) is 0 Å². The molecular weight excluding hydrogens is 478 g/mol. The molecule has 0 aliphatic heterocycles. The smallest absolute Gasteiger partial charge is 0.438 e. The first-order valence-electron chi connectivity index (χ1n) is 12.8. The third-order valence-corrected chi connectivity index (χ3v) is 8.41. The number of amides is 1. The number of hydrogen-bond acceptors (Lipinski definition) is 4. The predicted octanol–water partition coefficient (Wildman–Crippen LogP) is 8.41. The van der Waals surface area contributed by atoms with Crippen molar-refractivity contribution in [2.45, 2.75) is 45.6 Å². The maximum atomic E-state index is 12.1. The number of anilines is 1. The first-order valence-corrected chi connectivity index (χ1v) is 13.6. The predicted molar refractivity (Wildman–Crippen MR) is 151 cm³/mol. The Balaban J connectivity index is 1.27. The van der Waals surface area contributed by atoms with Gasteiger partial charge in [-0.15, -0.1) is 11.3 Å². The fourth-order valence-electron chi connectivity index (χ4n) is 5.47. The van der Waals surface area contributed by atoms with Gasteiger partial charge in [-0.3, -0.25) is 5.21 Å². The summed E-state index contributed by atoms with van der Waals surface area (Å²) < 4.78 is 5.11. The number of nitrogens with zero attached hydrogens (tertiary/aromatic N) is 1. The monoisotopic (exact) mass is 507 g/mol. The quantitative estimate of drug-likeness (QED) is 0.223. The van der Waals surface area contributed by atoms with Crippen LogP contribution in [0.15, 0.2) is 72.8 Å². The molecule has 5 heteroatoms. The molecule has 1 heterocycles. The average Bonchev–Trinajstić information content (AvgIpc) is 3.42. The Kier molecular flexibility index (Phi) is 6.19. The molecule has 1 aromatic heterocycles. The molecule has 1 N–H and O–H groups in total. The Morgan fingerprint density at radius 2 is 1.68 bits per heavy atom. The van der Waals surface area contributed by atoms with E-state index in [9.17, 15) is 10.0 Å². The van der Waals surface area contributed by atoms with Gasteiger partial charge >= 0.3 is 6.09 Å². The van der Waals surface area contributed by atoms with Gasteiger partial charge in [0.05, 0.1) is 11.8 Å². The molecule has 186 valence electrons. The summed E-state index contributed by atoms with van der Waals surface area (Å²) in [7, 11) is 0. The summed E-state index contributed by atoms with van der Waals surface area (Å²) in [5.74, 6) is 0. The van der Waals surface area contributed by atoms with Crippen molar-refractivity contribution >= 4 is 34.8 Å². The van der Waals surface area contributed by atoms with Crippen LogP contribution in [-0.4, -0.2) is 17.4 Å². The van der Waals surface area contributed by atoms with Gasteiger partial charge in [-0.05, 0) is 108 Å². The van der Waals surface area contributed by atoms with Crippen LogP contribution in [0.1, 0.15) is 47.4 Å². The molecule has 0 bridgehead atoms. The van der Waals surface area contributed by atoms with Gasteiger partial charge in [-0.2, -0.15) is 5.06 Å². The van der Waals surface area contributed by atoms with Crippen molar-refractivity contribution in [3.8, 4) is 21.6 Å². The lowest BCUT2D eigenvalue weighted by Gasteiger charge is -2.26. The number of aryl methyl sites for hydroxylation is 1. The van der Waals surface area contributed by atoms with Gasteiger partial charge in [0.15, 0.2) is 0 Å². The fourth-order valence-corrected chi connectivity index (χ4v) is 6.51. The highest BCUT2D eigenvalue weighted by Gasteiger charge is 2.23. The third-order valence-electron chi connectivity index (χ3n) is 7.20. The lowest BCUT2D eigenvalue weighted by Crippen LogP contribution is -2.29. The van der Waals surface area contributed by atoms with Crippen LogP contribution in [-0.2, 0) is 24.0 Å². The molecule has 0 fully saturated rings. The van der Waals surface area contributed by atoms with E-state index in [0.717, 1.165) is 36.1 Å². The second-order valence-corrected chi connectivity index (χ2v) is 11.0. The SMILES string of the molecule is CC(C)OC(=O)N(O)c1cccc(-c2ccc(C3=Cc4ccc5c(c4CC3)CCc3ccccc3-5)s2)c1. The number of hydroxylamine groups is 1. The maximum Gasteiger partial charge on any atom is 0.438 e. The summed E-state index contributed by atoms with van der Waals surface area (Å²) in [5, 5.41) is 10.9. The first kappa shape index (κ1) is 23.7. The zero-order valence-corrected chi connectivity index (χ0v) is 21.8. The van der Waals surface area contributed by atoms with E-state index >= 15 is 0 Å². The number of rotatable bonds is 4. The van der Waals surface area contributed by atoms with Crippen LogP contribution in [0, 0.1) is 0 Å². The zero-order chi connectivity index (χ0) is 25.5. The maximum absolute atomic E-state index is 12.1. The van der Waals surface area contributed by atoms with E-state index in [1.165, 1.54) is 43.8 Å². The summed E-state index contributed by atoms with van der Waals surface area (Å²) in [6.07, 6.45) is 5.59. The molecule has 0 radical (unpaired) electrons. The second-order valence-electron chi connectivity index (χ2n) is 9.94. The lowest BCUT2D eigenvalue weighted by molar-refractivity contribution is 0.0948. The van der Waals surface area contributed by atoms with Crippen LogP contribution in [0.25, 0.3) is 33.2 Å². The van der Waals surface area contributed by atoms with Crippen LogP contribution in [0.4, 0.5) is 10.5 Å². The van der Waals surface area contributed by atoms with E-state index in [0.29, 0.717) is 10.8 Å². The number of hydrogen-bond donors (Lipinski definition) is 1. The molecule has 6 rings (SSSR count). The van der Waals surface area contributed by atoms with Crippen molar-refractivity contribution in [2.75, 3.05) is 5.06 Å². The number of thiophene rings is 1. The fraction of sp³-hybridized carbons (Fsp3) is 0.219. The minimum absolute atomic E-state index is 0.305. The van der Waals surface area contributed by atoms with E-state index in [1.807, 2.05) is 18.2 Å². The molecule has 2 aliphatic carbocycles. The summed E-state index contributed by atoms with van der Waals surface area (Å²) in [5.41, 5.74) is 11.3. The molecule has 0 atom stereocenters. The molecule has 4 aromatic rings. The van der Waals surface area contributed by atoms with E-state index in [-0.39, 0.29) is 6.10 Å². The molecule has 1 amide bonds. The second kappa shape index (κ2) is 9.66. The number of benzene rings is 3. The van der Waals surface area contributed by atoms with E-state index < -0.39 is 6.09 Å². The third kappa shape index (κ3) is 4.50. The van der Waals surface area contributed by atoms with Crippen LogP contribution < -0.4 is 5.06 Å². The number of carbonyl (C=O) groups excluding carboxylic acids is 1. The number of carbonyl (C=O) groups is 1. The number of allylic oxidation sites excluding steroid dienone is 1. The van der Waals surface area contributed by atoms with Crippen LogP contribution >= 0.6 is 11.3 Å². The highest BCUT2D eigenvalue weighted by Crippen LogP contribution is 2.42. The molecule has 0 spiro atoms. The first-order chi connectivity index (χ1) is 18.0. The molecule has 2 aliphatic rings. The van der Waals surface area contributed by atoms with Crippen molar-refractivity contribution < 1.29 is 14.7 Å². The molecule has 0 unspecified atom stereocenters. The van der Waals surface area contributed by atoms with Gasteiger partial charge in [0.25, 0.3) is 0 Å². The van der Waals surface area contributed by atoms with Gasteiger partial charge < -0.3 is 4.74 Å². The van der Waals surface area contributed by atoms with Gasteiger partial charge in [0.2, 0.25) is 0 Å². The Morgan fingerprint density at radius 3 is 2.54 bits per heavy atom. The Hall–Kier alpha value is -3.67. The molecule has 0 saturated heterocycles. The Bertz CT molecular complexity index is 1530. The van der Waals surface area contributed by atoms with Gasteiger partial charge in [-0.25, -0.2) is 4.79 Å². The minimum Gasteiger partial charge on any atom is -0.445 e. The lowest BCUT2D eigenvalue weighted by atomic mass is 9.78. The molecule has 37 heavy (non-hydrogen) atoms. The van der Waals surface area contributed by atoms with Crippen LogP contribution in [0.3, 0.4) is 0 Å². The van der Waals surface area contributed by atoms with Crippen LogP contribution in [0.2, 0.25) is 0 Å². The summed E-state index contributed by atoms with van der Waals surface area (Å²) in [4.78, 5) is 14.5. The van der Waals surface area contributed by atoms with E-state index in [1.54, 1.807) is 31.3 Å². The molecule has 4 nitrogen and oxygen atoms in total. The molecular formula is C32H29NO3S. The van der Waals surface area contributed by atoms with Crippen molar-refractivity contribution in [3.63, 3.8) is 0 Å². The van der Waals surface area contributed by atoms with Gasteiger partial charge in [0.1, 0.15) is 0 Å². The Labute approximate surface area is 221 Å². The topological polar surface area (TPSA) is 49.8 Å². The van der Waals surface area contributed by atoms with Crippen molar-refractivity contribution in [1.82, 2.24) is 0 Å². The molecule has 0 saturated carbocycles. The number of fused-ring (bicyclic) bond motifs is 5. The summed E-state index contributed by atoms with van der Waals surface area (Å²) in [6.45, 7) is 3.50. The number of ether oxygens (including phenoxy) is 1. The Morgan fingerprint density at radius 1 is 0.865 bits per heavy atom. The van der Waals surface area contributed by atoms with Gasteiger partial charge in [0, 0.05) is 9.75 Å². The van der Waals surface area contributed by atoms with E-state index in [2.05, 4.69) is 54.6 Å². The average molecular weight is 508 g/mol. The highest BCUT2D eigenvalue weighted by molar-refractivity contribution is 7.16. The van der Waals surface area contributed by atoms with Crippen molar-refractivity contribution in [2.24, 2.45) is 0 Å². The van der Waals surface area contributed by atoms with Crippen molar-refractivity contribution in [1.29, 1.82) is 0 Å². The zero-order valence-electron chi connectivity index (χ0n) is 21.0. The van der Waals surface area contributed by atoms with E-state index in [4.69, 9.17) is 4.74 Å². The normalized spacial score (nSPS) is 13.9. The summed E-state index contributed by atoms with van der Waals surface area (Å²) >= 11 is 1.74. The largest absolute Gasteiger partial charge is 0.445 e.